The molecule has 0 N–H and O–H groups in total. The van der Waals surface area contributed by atoms with Crippen LogP contribution in [-0.2, 0) is 25.8 Å². The van der Waals surface area contributed by atoms with Crippen molar-refractivity contribution in [2.45, 2.75) is 13.8 Å². The van der Waals surface area contributed by atoms with Crippen LogP contribution in [0.25, 0.3) is 43.8 Å². The minimum Gasteiger partial charge on any atom is -0.358 e. The molecular formula is C34H34Cl2HfSi. The van der Waals surface area contributed by atoms with E-state index in [9.17, 15) is 0 Å². The SMILES string of the molecule is Cc1cc2c(-c3ccccc3)cccc2[cH-]1.Cc1cc2c(-c3ccccc3)cccc2[cH-]1.Cl.Cl.[CH3-].[CH3-].[Hf+4].[Si]. The van der Waals surface area contributed by atoms with E-state index in [0.29, 0.717) is 0 Å². The topological polar surface area (TPSA) is 0 Å². The van der Waals surface area contributed by atoms with Gasteiger partial charge in [0.2, 0.25) is 0 Å². The number of rotatable bonds is 2. The fourth-order valence-electron chi connectivity index (χ4n) is 4.51. The average molecular weight is 720 g/mol. The third kappa shape index (κ3) is 8.38. The number of hydrogen-bond acceptors (Lipinski definition) is 0. The Balaban J connectivity index is 0. The minimum atomic E-state index is 0. The van der Waals surface area contributed by atoms with Crippen molar-refractivity contribution in [2.75, 3.05) is 0 Å². The summed E-state index contributed by atoms with van der Waals surface area (Å²) in [6.45, 7) is 4.30. The second-order valence-electron chi connectivity index (χ2n) is 8.41. The van der Waals surface area contributed by atoms with E-state index in [2.05, 4.69) is 135 Å². The predicted octanol–water partition coefficient (Wildman–Crippen LogP) is 10.4. The van der Waals surface area contributed by atoms with Crippen LogP contribution in [0.4, 0.5) is 0 Å². The Morgan fingerprint density at radius 3 is 1.16 bits per heavy atom. The molecule has 0 aliphatic rings. The van der Waals surface area contributed by atoms with Gasteiger partial charge in [0.05, 0.1) is 0 Å². The molecule has 0 saturated carbocycles. The summed E-state index contributed by atoms with van der Waals surface area (Å²) < 4.78 is 0. The van der Waals surface area contributed by atoms with Crippen molar-refractivity contribution in [1.82, 2.24) is 0 Å². The molecule has 0 aliphatic heterocycles. The summed E-state index contributed by atoms with van der Waals surface area (Å²) in [5.74, 6) is 0. The molecule has 0 amide bonds. The maximum atomic E-state index is 2.26. The van der Waals surface area contributed by atoms with Crippen molar-refractivity contribution in [3.05, 3.63) is 147 Å². The summed E-state index contributed by atoms with van der Waals surface area (Å²) >= 11 is 0. The van der Waals surface area contributed by atoms with Crippen LogP contribution in [0.2, 0.25) is 0 Å². The number of halogens is 2. The third-order valence-electron chi connectivity index (χ3n) is 5.96. The first-order valence-electron chi connectivity index (χ1n) is 11.1. The van der Waals surface area contributed by atoms with Crippen molar-refractivity contribution in [1.29, 1.82) is 0 Å². The van der Waals surface area contributed by atoms with Gasteiger partial charge in [-0.2, -0.15) is 12.1 Å². The summed E-state index contributed by atoms with van der Waals surface area (Å²) in [6.07, 6.45) is 0. The van der Waals surface area contributed by atoms with E-state index in [4.69, 9.17) is 0 Å². The van der Waals surface area contributed by atoms with Gasteiger partial charge in [-0.25, -0.2) is 0 Å². The van der Waals surface area contributed by atoms with Crippen LogP contribution >= 0.6 is 24.8 Å². The smallest absolute Gasteiger partial charge is 0.358 e. The van der Waals surface area contributed by atoms with E-state index in [-0.39, 0.29) is 76.5 Å². The fraction of sp³-hybridized carbons (Fsp3) is 0.0588. The molecule has 0 aliphatic carbocycles. The minimum absolute atomic E-state index is 0. The Kier molecular flexibility index (Phi) is 17.3. The van der Waals surface area contributed by atoms with E-state index in [0.717, 1.165) is 0 Å². The molecule has 0 bridgehead atoms. The Labute approximate surface area is 264 Å². The van der Waals surface area contributed by atoms with E-state index >= 15 is 0 Å². The molecule has 6 aromatic rings. The Morgan fingerprint density at radius 2 is 0.816 bits per heavy atom. The monoisotopic (exact) mass is 720 g/mol. The Bertz CT molecular complexity index is 1370. The fourth-order valence-corrected chi connectivity index (χ4v) is 4.51. The van der Waals surface area contributed by atoms with Crippen LogP contribution in [0.1, 0.15) is 11.1 Å². The molecule has 192 valence electrons. The van der Waals surface area contributed by atoms with Gasteiger partial charge in [-0.1, -0.05) is 97.8 Å². The van der Waals surface area contributed by atoms with E-state index in [1.165, 1.54) is 54.9 Å². The van der Waals surface area contributed by atoms with Gasteiger partial charge >= 0.3 is 25.8 Å². The molecule has 4 heteroatoms. The molecule has 38 heavy (non-hydrogen) atoms. The molecule has 0 saturated heterocycles. The summed E-state index contributed by atoms with van der Waals surface area (Å²) in [6, 6.07) is 43.1. The first-order chi connectivity index (χ1) is 15.7. The first kappa shape index (κ1) is 37.9. The Morgan fingerprint density at radius 1 is 0.474 bits per heavy atom. The second kappa shape index (κ2) is 17.4. The van der Waals surface area contributed by atoms with Crippen molar-refractivity contribution >= 4 is 57.3 Å². The zero-order valence-corrected chi connectivity index (χ0v) is 28.6. The number of benzene rings is 4. The normalized spacial score (nSPS) is 9.11. The molecule has 0 unspecified atom stereocenters. The number of fused-ring (bicyclic) bond motifs is 2. The van der Waals surface area contributed by atoms with E-state index in [1.54, 1.807) is 0 Å². The number of hydrogen-bond donors (Lipinski definition) is 0. The van der Waals surface area contributed by atoms with Crippen LogP contribution in [0.5, 0.6) is 0 Å². The summed E-state index contributed by atoms with van der Waals surface area (Å²) in [4.78, 5) is 0. The predicted molar refractivity (Wildman–Crippen MR) is 173 cm³/mol. The summed E-state index contributed by atoms with van der Waals surface area (Å²) in [5, 5.41) is 5.37. The maximum Gasteiger partial charge on any atom is 4.00 e. The van der Waals surface area contributed by atoms with Crippen molar-refractivity contribution in [3.63, 3.8) is 0 Å². The molecule has 0 aromatic heterocycles. The maximum absolute atomic E-state index is 2.26. The molecule has 6 rings (SSSR count). The van der Waals surface area contributed by atoms with Gasteiger partial charge in [-0.3, -0.25) is 0 Å². The van der Waals surface area contributed by atoms with Gasteiger partial charge in [0, 0.05) is 11.0 Å². The van der Waals surface area contributed by atoms with Gasteiger partial charge in [0.1, 0.15) is 0 Å². The van der Waals surface area contributed by atoms with Crippen molar-refractivity contribution in [3.8, 4) is 22.3 Å². The molecule has 0 heterocycles. The van der Waals surface area contributed by atoms with Crippen LogP contribution in [-0.4, -0.2) is 11.0 Å². The summed E-state index contributed by atoms with van der Waals surface area (Å²) in [7, 11) is 0. The molecule has 0 spiro atoms. The molecule has 6 aromatic carbocycles. The number of aryl methyl sites for hydroxylation is 2. The molecule has 0 fully saturated rings. The molecule has 0 nitrogen and oxygen atoms in total. The molecule has 0 atom stereocenters. The first-order valence-corrected chi connectivity index (χ1v) is 11.1. The van der Waals surface area contributed by atoms with Gasteiger partial charge < -0.3 is 14.9 Å². The van der Waals surface area contributed by atoms with Crippen LogP contribution in [0, 0.1) is 28.7 Å². The van der Waals surface area contributed by atoms with Gasteiger partial charge in [0.15, 0.2) is 0 Å². The van der Waals surface area contributed by atoms with Crippen molar-refractivity contribution < 1.29 is 25.8 Å². The van der Waals surface area contributed by atoms with Gasteiger partial charge in [0.25, 0.3) is 0 Å². The standard InChI is InChI=1S/2C16H13.2CH3.2ClH.Hf.Si/c2*1-12-10-14-8-5-9-15(16(14)11-12)13-6-3-2-4-7-13;;;;;;/h2*2-11H,1H3;2*1H3;2*1H;;/q4*-1;;;+4;. The quantitative estimate of drug-likeness (QED) is 0.123. The zero-order chi connectivity index (χ0) is 21.9. The van der Waals surface area contributed by atoms with Crippen LogP contribution < -0.4 is 0 Å². The Hall–Kier alpha value is -2.23. The summed E-state index contributed by atoms with van der Waals surface area (Å²) in [5.41, 5.74) is 7.89. The molecule has 4 radical (unpaired) electrons. The molecular weight excluding hydrogens is 686 g/mol. The average Bonchev–Trinajstić information content (AvgIpc) is 3.41. The van der Waals surface area contributed by atoms with Gasteiger partial charge in [-0.05, 0) is 11.1 Å². The van der Waals surface area contributed by atoms with Crippen LogP contribution in [0.15, 0.2) is 121 Å². The van der Waals surface area contributed by atoms with E-state index < -0.39 is 0 Å². The zero-order valence-electron chi connectivity index (χ0n) is 22.4. The van der Waals surface area contributed by atoms with Crippen molar-refractivity contribution in [2.24, 2.45) is 0 Å². The second-order valence-corrected chi connectivity index (χ2v) is 8.41. The van der Waals surface area contributed by atoms with E-state index in [1.807, 2.05) is 0 Å². The van der Waals surface area contributed by atoms with Gasteiger partial charge in [-0.15, -0.1) is 93.9 Å². The third-order valence-corrected chi connectivity index (χ3v) is 5.96. The van der Waals surface area contributed by atoms with Crippen LogP contribution in [0.3, 0.4) is 0 Å². The largest absolute Gasteiger partial charge is 4.00 e.